The molecule has 4 heteroatoms. The maximum atomic E-state index is 5.21. The third-order valence-corrected chi connectivity index (χ3v) is 1.79. The molecular weight excluding hydrogens is 146 g/mol. The Morgan fingerprint density at radius 3 is 3.18 bits per heavy atom. The smallest absolute Gasteiger partial charge is 0.231 e. The number of ether oxygens (including phenoxy) is 3. The lowest BCUT2D eigenvalue weighted by atomic mass is 10.4. The lowest BCUT2D eigenvalue weighted by Crippen LogP contribution is -1.94. The average molecular weight is 151 g/mol. The van der Waals surface area contributed by atoms with Gasteiger partial charge >= 0.3 is 0 Å². The highest BCUT2D eigenvalue weighted by Gasteiger charge is 2.34. The average Bonchev–Trinajstić information content (AvgIpc) is 2.52. The molecule has 0 spiro atoms. The summed E-state index contributed by atoms with van der Waals surface area (Å²) in [5, 5.41) is 0. The van der Waals surface area contributed by atoms with Crippen LogP contribution in [0.4, 0.5) is 0 Å². The van der Waals surface area contributed by atoms with Gasteiger partial charge in [0.2, 0.25) is 12.6 Å². The van der Waals surface area contributed by atoms with Crippen molar-refractivity contribution in [3.63, 3.8) is 0 Å². The zero-order valence-electron chi connectivity index (χ0n) is 5.66. The van der Waals surface area contributed by atoms with Gasteiger partial charge in [0.15, 0.2) is 18.2 Å². The number of hydrogen-bond donors (Lipinski definition) is 0. The van der Waals surface area contributed by atoms with Crippen LogP contribution in [-0.2, 0) is 14.2 Å². The molecule has 2 aliphatic heterocycles. The van der Waals surface area contributed by atoms with Crippen molar-refractivity contribution >= 4 is 5.71 Å². The summed E-state index contributed by atoms with van der Waals surface area (Å²) in [5.74, 6) is 2.19. The van der Waals surface area contributed by atoms with Gasteiger partial charge < -0.3 is 14.2 Å². The van der Waals surface area contributed by atoms with Crippen LogP contribution in [0.5, 0.6) is 0 Å². The molecule has 0 aromatic rings. The van der Waals surface area contributed by atoms with Crippen LogP contribution in [0.25, 0.3) is 0 Å². The van der Waals surface area contributed by atoms with Gasteiger partial charge in [-0.15, -0.1) is 0 Å². The van der Waals surface area contributed by atoms with E-state index in [9.17, 15) is 0 Å². The Hall–Kier alpha value is -1.45. The fourth-order valence-electron chi connectivity index (χ4n) is 1.30. The molecule has 1 aliphatic carbocycles. The van der Waals surface area contributed by atoms with Gasteiger partial charge in [-0.25, -0.2) is 4.99 Å². The van der Waals surface area contributed by atoms with Crippen molar-refractivity contribution in [2.24, 2.45) is 4.99 Å². The second-order valence-corrected chi connectivity index (χ2v) is 2.39. The van der Waals surface area contributed by atoms with E-state index < -0.39 is 0 Å². The van der Waals surface area contributed by atoms with Crippen molar-refractivity contribution in [1.82, 2.24) is 0 Å². The van der Waals surface area contributed by atoms with Crippen molar-refractivity contribution < 1.29 is 14.2 Å². The molecule has 3 rings (SSSR count). The van der Waals surface area contributed by atoms with Gasteiger partial charge in [0.05, 0.1) is 0 Å². The molecule has 56 valence electrons. The molecule has 0 aromatic heterocycles. The van der Waals surface area contributed by atoms with E-state index in [0.29, 0.717) is 19.3 Å². The van der Waals surface area contributed by atoms with Crippen LogP contribution < -0.4 is 0 Å². The van der Waals surface area contributed by atoms with Crippen LogP contribution in [-0.4, -0.2) is 19.2 Å². The summed E-state index contributed by atoms with van der Waals surface area (Å²) >= 11 is 0. The summed E-state index contributed by atoms with van der Waals surface area (Å²) in [6.45, 7) is 0.697. The van der Waals surface area contributed by atoms with E-state index in [2.05, 4.69) is 4.99 Å². The molecular formula is C7H5NO3. The summed E-state index contributed by atoms with van der Waals surface area (Å²) in [7, 11) is 0. The van der Waals surface area contributed by atoms with Gasteiger partial charge in [0, 0.05) is 6.08 Å². The fourth-order valence-corrected chi connectivity index (χ4v) is 1.30. The molecule has 1 saturated heterocycles. The van der Waals surface area contributed by atoms with Crippen LogP contribution in [0, 0.1) is 0 Å². The predicted molar refractivity (Wildman–Crippen MR) is 35.5 cm³/mol. The van der Waals surface area contributed by atoms with Gasteiger partial charge in [-0.2, -0.15) is 0 Å². The summed E-state index contributed by atoms with van der Waals surface area (Å²) < 4.78 is 15.5. The minimum absolute atomic E-state index is 0.293. The van der Waals surface area contributed by atoms with Crippen LogP contribution in [0.15, 0.2) is 28.3 Å². The first-order valence-corrected chi connectivity index (χ1v) is 3.35. The van der Waals surface area contributed by atoms with Crippen LogP contribution >= 0.6 is 0 Å². The molecule has 0 amide bonds. The van der Waals surface area contributed by atoms with Crippen LogP contribution in [0.3, 0.4) is 0 Å². The molecule has 11 heavy (non-hydrogen) atoms. The van der Waals surface area contributed by atoms with E-state index >= 15 is 0 Å². The molecule has 1 fully saturated rings. The third kappa shape index (κ3) is 0.520. The number of allylic oxidation sites excluding steroid dienone is 1. The van der Waals surface area contributed by atoms with Gasteiger partial charge in [0.25, 0.3) is 0 Å². The van der Waals surface area contributed by atoms with Crippen molar-refractivity contribution in [2.45, 2.75) is 0 Å². The van der Waals surface area contributed by atoms with E-state index in [1.807, 2.05) is 6.08 Å². The van der Waals surface area contributed by atoms with Crippen molar-refractivity contribution in [3.8, 4) is 0 Å². The van der Waals surface area contributed by atoms with Crippen molar-refractivity contribution in [1.29, 1.82) is 0 Å². The molecule has 2 heterocycles. The zero-order chi connectivity index (χ0) is 7.26. The SMILES string of the molecule is C1=C2OCOC2=C2OCN=C12. The monoisotopic (exact) mass is 151 g/mol. The molecule has 3 aliphatic rings. The van der Waals surface area contributed by atoms with E-state index in [0.717, 1.165) is 17.2 Å². The fraction of sp³-hybridized carbons (Fsp3) is 0.286. The largest absolute Gasteiger partial charge is 0.465 e. The standard InChI is InChI=1S/C7H5NO3/c1-4-6(9-2-8-4)7-5(1)10-3-11-7/h1H,2-3H2. The van der Waals surface area contributed by atoms with Crippen LogP contribution in [0.2, 0.25) is 0 Å². The van der Waals surface area contributed by atoms with Gasteiger partial charge in [0.1, 0.15) is 5.71 Å². The van der Waals surface area contributed by atoms with E-state index in [1.165, 1.54) is 0 Å². The summed E-state index contributed by atoms with van der Waals surface area (Å²) in [4.78, 5) is 4.08. The molecule has 0 radical (unpaired) electrons. The van der Waals surface area contributed by atoms with Crippen molar-refractivity contribution in [2.75, 3.05) is 13.5 Å². The Morgan fingerprint density at radius 1 is 1.18 bits per heavy atom. The minimum atomic E-state index is 0.293. The maximum absolute atomic E-state index is 5.21. The molecule has 0 bridgehead atoms. The third-order valence-electron chi connectivity index (χ3n) is 1.79. The highest BCUT2D eigenvalue weighted by Crippen LogP contribution is 2.33. The molecule has 0 unspecified atom stereocenters. The summed E-state index contributed by atoms with van der Waals surface area (Å²) in [6, 6.07) is 0. The zero-order valence-corrected chi connectivity index (χ0v) is 5.66. The van der Waals surface area contributed by atoms with Gasteiger partial charge in [-0.1, -0.05) is 0 Å². The Labute approximate surface area is 62.8 Å². The molecule has 0 N–H and O–H groups in total. The van der Waals surface area contributed by atoms with E-state index in [4.69, 9.17) is 14.2 Å². The Balaban J connectivity index is 2.20. The number of aliphatic imine (C=N–C) groups is 1. The first-order chi connectivity index (χ1) is 5.45. The maximum Gasteiger partial charge on any atom is 0.231 e. The lowest BCUT2D eigenvalue weighted by molar-refractivity contribution is 0.0928. The Bertz CT molecular complexity index is 314. The highest BCUT2D eigenvalue weighted by molar-refractivity contribution is 6.11. The topological polar surface area (TPSA) is 40.0 Å². The number of nitrogens with zero attached hydrogens (tertiary/aromatic N) is 1. The first kappa shape index (κ1) is 5.23. The number of fused-ring (bicyclic) bond motifs is 2. The summed E-state index contributed by atoms with van der Waals surface area (Å²) in [5.41, 5.74) is 0.842. The molecule has 4 nitrogen and oxygen atoms in total. The Morgan fingerprint density at radius 2 is 2.18 bits per heavy atom. The van der Waals surface area contributed by atoms with Crippen LogP contribution in [0.1, 0.15) is 0 Å². The normalized spacial score (nSPS) is 24.7. The van der Waals surface area contributed by atoms with E-state index in [1.54, 1.807) is 0 Å². The lowest BCUT2D eigenvalue weighted by Gasteiger charge is -1.96. The second-order valence-electron chi connectivity index (χ2n) is 2.39. The van der Waals surface area contributed by atoms with E-state index in [-0.39, 0.29) is 0 Å². The molecule has 0 saturated carbocycles. The molecule has 0 aromatic carbocycles. The predicted octanol–water partition coefficient (Wildman–Crippen LogP) is 0.528. The quantitative estimate of drug-likeness (QED) is 0.507. The minimum Gasteiger partial charge on any atom is -0.465 e. The molecule has 0 atom stereocenters. The number of rotatable bonds is 0. The first-order valence-electron chi connectivity index (χ1n) is 3.35. The van der Waals surface area contributed by atoms with Crippen molar-refractivity contribution in [3.05, 3.63) is 23.4 Å². The highest BCUT2D eigenvalue weighted by atomic mass is 16.7. The van der Waals surface area contributed by atoms with Gasteiger partial charge in [-0.3, -0.25) is 0 Å². The second kappa shape index (κ2) is 1.58. The Kier molecular flexibility index (Phi) is 0.753. The summed E-state index contributed by atoms with van der Waals surface area (Å²) in [6.07, 6.45) is 1.84. The van der Waals surface area contributed by atoms with Gasteiger partial charge in [-0.05, 0) is 0 Å². The number of hydrogen-bond acceptors (Lipinski definition) is 4.